The molecule has 3 rings (SSSR count). The van der Waals surface area contributed by atoms with Crippen molar-refractivity contribution in [3.8, 4) is 18.0 Å². The maximum atomic E-state index is 13.0. The van der Waals surface area contributed by atoms with Gasteiger partial charge in [0.15, 0.2) is 6.10 Å². The van der Waals surface area contributed by atoms with Gasteiger partial charge in [0, 0.05) is 24.6 Å². The zero-order chi connectivity index (χ0) is 22.4. The molecule has 1 aromatic carbocycles. The highest BCUT2D eigenvalue weighted by atomic mass is 16.5. The topological polar surface area (TPSA) is 112 Å². The fourth-order valence-electron chi connectivity index (χ4n) is 3.16. The maximum Gasteiger partial charge on any atom is 0.343 e. The molecule has 0 aliphatic carbocycles. The number of hydrogen-bond acceptors (Lipinski definition) is 6. The lowest BCUT2D eigenvalue weighted by Crippen LogP contribution is -2.40. The van der Waals surface area contributed by atoms with E-state index in [1.54, 1.807) is 60.3 Å². The highest BCUT2D eigenvalue weighted by molar-refractivity contribution is 6.00. The Morgan fingerprint density at radius 2 is 1.84 bits per heavy atom. The van der Waals surface area contributed by atoms with Crippen LogP contribution < -0.4 is 4.90 Å². The van der Waals surface area contributed by atoms with Crippen molar-refractivity contribution in [2.75, 3.05) is 11.4 Å². The predicted octanol–water partition coefficient (Wildman–Crippen LogP) is 3.74. The van der Waals surface area contributed by atoms with E-state index in [9.17, 15) is 14.9 Å². The van der Waals surface area contributed by atoms with Crippen LogP contribution in [-0.2, 0) is 9.53 Å². The average molecular weight is 416 g/mol. The first-order valence-electron chi connectivity index (χ1n) is 9.59. The van der Waals surface area contributed by atoms with Gasteiger partial charge in [-0.1, -0.05) is 18.2 Å². The van der Waals surface area contributed by atoms with Crippen molar-refractivity contribution in [1.29, 1.82) is 10.5 Å². The van der Waals surface area contributed by atoms with Crippen LogP contribution in [0.5, 0.6) is 0 Å². The number of furan rings is 1. The molecule has 3 aromatic rings. The second-order valence-electron chi connectivity index (χ2n) is 6.70. The zero-order valence-electron chi connectivity index (χ0n) is 17.1. The van der Waals surface area contributed by atoms with Gasteiger partial charge in [0.2, 0.25) is 5.88 Å². The van der Waals surface area contributed by atoms with Crippen molar-refractivity contribution in [2.45, 2.75) is 26.4 Å². The third-order valence-electron chi connectivity index (χ3n) is 4.63. The number of esters is 1. The maximum absolute atomic E-state index is 13.0. The van der Waals surface area contributed by atoms with Crippen LogP contribution in [0, 0.1) is 29.6 Å². The van der Waals surface area contributed by atoms with E-state index in [0.29, 0.717) is 5.69 Å². The predicted molar refractivity (Wildman–Crippen MR) is 111 cm³/mol. The Morgan fingerprint density at radius 1 is 1.16 bits per heavy atom. The minimum Gasteiger partial charge on any atom is -0.449 e. The molecule has 0 N–H and O–H groups in total. The van der Waals surface area contributed by atoms with Crippen LogP contribution >= 0.6 is 0 Å². The first kappa shape index (κ1) is 21.4. The molecule has 1 amide bonds. The lowest BCUT2D eigenvalue weighted by Gasteiger charge is -2.25. The smallest absolute Gasteiger partial charge is 0.343 e. The molecule has 31 heavy (non-hydrogen) atoms. The van der Waals surface area contributed by atoms with Crippen LogP contribution in [0.1, 0.15) is 35.0 Å². The van der Waals surface area contributed by atoms with Crippen molar-refractivity contribution in [3.05, 3.63) is 71.7 Å². The molecule has 8 heteroatoms. The lowest BCUT2D eigenvalue weighted by atomic mass is 10.1. The largest absolute Gasteiger partial charge is 0.449 e. The van der Waals surface area contributed by atoms with Gasteiger partial charge in [-0.15, -0.1) is 0 Å². The number of ether oxygens (including phenoxy) is 1. The SMILES string of the molecule is Cc1oc(-n2cccc2)c(C#N)c1C(=O)OC(C)C(=O)N(CCC#N)c1ccccc1. The van der Waals surface area contributed by atoms with E-state index < -0.39 is 18.0 Å². The molecule has 2 aromatic heterocycles. The molecular weight excluding hydrogens is 396 g/mol. The number of amides is 1. The number of rotatable bonds is 7. The van der Waals surface area contributed by atoms with E-state index in [1.807, 2.05) is 18.2 Å². The molecule has 156 valence electrons. The normalized spacial score (nSPS) is 11.2. The van der Waals surface area contributed by atoms with Crippen molar-refractivity contribution in [3.63, 3.8) is 0 Å². The first-order valence-corrected chi connectivity index (χ1v) is 9.59. The number of hydrogen-bond donors (Lipinski definition) is 0. The number of carbonyl (C=O) groups is 2. The molecular formula is C23H20N4O4. The summed E-state index contributed by atoms with van der Waals surface area (Å²) in [7, 11) is 0. The summed E-state index contributed by atoms with van der Waals surface area (Å²) in [5.41, 5.74) is 0.606. The van der Waals surface area contributed by atoms with Gasteiger partial charge < -0.3 is 14.1 Å². The Bertz CT molecular complexity index is 1150. The number of anilines is 1. The number of aryl methyl sites for hydroxylation is 1. The highest BCUT2D eigenvalue weighted by Crippen LogP contribution is 2.27. The lowest BCUT2D eigenvalue weighted by molar-refractivity contribution is -0.126. The van der Waals surface area contributed by atoms with Gasteiger partial charge >= 0.3 is 5.97 Å². The Labute approximate surface area is 179 Å². The van der Waals surface area contributed by atoms with Crippen molar-refractivity contribution < 1.29 is 18.7 Å². The minimum atomic E-state index is -1.14. The van der Waals surface area contributed by atoms with E-state index in [4.69, 9.17) is 14.4 Å². The van der Waals surface area contributed by atoms with Crippen molar-refractivity contribution >= 4 is 17.6 Å². The number of para-hydroxylation sites is 1. The standard InChI is InChI=1S/C23H20N4O4/c1-16-20(19(15-25)22(30-16)26-12-6-7-13-26)23(29)31-17(2)21(28)27(14-8-11-24)18-9-4-3-5-10-18/h3-7,9-10,12-13,17H,8,14H2,1-2H3. The van der Waals surface area contributed by atoms with Crippen LogP contribution in [0.15, 0.2) is 59.3 Å². The van der Waals surface area contributed by atoms with Crippen molar-refractivity contribution in [2.24, 2.45) is 0 Å². The number of nitriles is 2. The summed E-state index contributed by atoms with van der Waals surface area (Å²) >= 11 is 0. The molecule has 0 fully saturated rings. The van der Waals surface area contributed by atoms with Gasteiger partial charge in [-0.2, -0.15) is 10.5 Å². The van der Waals surface area contributed by atoms with Gasteiger partial charge in [-0.3, -0.25) is 9.36 Å². The molecule has 0 radical (unpaired) electrons. The van der Waals surface area contributed by atoms with E-state index >= 15 is 0 Å². The Morgan fingerprint density at radius 3 is 2.45 bits per heavy atom. The van der Waals surface area contributed by atoms with E-state index in [1.165, 1.54) is 11.8 Å². The number of aromatic nitrogens is 1. The van der Waals surface area contributed by atoms with E-state index in [-0.39, 0.29) is 35.7 Å². The van der Waals surface area contributed by atoms with Gasteiger partial charge in [-0.05, 0) is 38.1 Å². The zero-order valence-corrected chi connectivity index (χ0v) is 17.1. The second-order valence-corrected chi connectivity index (χ2v) is 6.70. The molecule has 1 atom stereocenters. The quantitative estimate of drug-likeness (QED) is 0.542. The first-order chi connectivity index (χ1) is 15.0. The minimum absolute atomic E-state index is 0.0193. The van der Waals surface area contributed by atoms with Crippen LogP contribution in [0.3, 0.4) is 0 Å². The Hall–Kier alpha value is -4.30. The Balaban J connectivity index is 1.84. The average Bonchev–Trinajstić information content (AvgIpc) is 3.41. The second kappa shape index (κ2) is 9.47. The van der Waals surface area contributed by atoms with Crippen LogP contribution in [0.25, 0.3) is 5.88 Å². The summed E-state index contributed by atoms with van der Waals surface area (Å²) in [6, 6.07) is 16.4. The van der Waals surface area contributed by atoms with Gasteiger partial charge in [-0.25, -0.2) is 4.79 Å². The molecule has 0 bridgehead atoms. The molecule has 2 heterocycles. The molecule has 0 saturated carbocycles. The Kier molecular flexibility index (Phi) is 6.54. The molecule has 0 aliphatic heterocycles. The summed E-state index contributed by atoms with van der Waals surface area (Å²) in [6.07, 6.45) is 2.36. The number of carbonyl (C=O) groups excluding carboxylic acids is 2. The van der Waals surface area contributed by atoms with Gasteiger partial charge in [0.05, 0.1) is 12.5 Å². The summed E-state index contributed by atoms with van der Waals surface area (Å²) in [6.45, 7) is 3.17. The monoisotopic (exact) mass is 416 g/mol. The summed E-state index contributed by atoms with van der Waals surface area (Å²) in [5, 5.41) is 18.5. The number of benzene rings is 1. The summed E-state index contributed by atoms with van der Waals surface area (Å²) in [4.78, 5) is 27.2. The van der Waals surface area contributed by atoms with Gasteiger partial charge in [0.1, 0.15) is 23.0 Å². The van der Waals surface area contributed by atoms with Crippen LogP contribution in [-0.4, -0.2) is 29.1 Å². The molecule has 1 unspecified atom stereocenters. The third-order valence-corrected chi connectivity index (χ3v) is 4.63. The van der Waals surface area contributed by atoms with Crippen LogP contribution in [0.4, 0.5) is 5.69 Å². The molecule has 8 nitrogen and oxygen atoms in total. The van der Waals surface area contributed by atoms with Crippen LogP contribution in [0.2, 0.25) is 0 Å². The van der Waals surface area contributed by atoms with E-state index in [2.05, 4.69) is 0 Å². The summed E-state index contributed by atoms with van der Waals surface area (Å²) < 4.78 is 12.6. The van der Waals surface area contributed by atoms with Crippen molar-refractivity contribution in [1.82, 2.24) is 4.57 Å². The number of nitrogens with zero attached hydrogens (tertiary/aromatic N) is 4. The molecule has 0 spiro atoms. The third kappa shape index (κ3) is 4.49. The summed E-state index contributed by atoms with van der Waals surface area (Å²) in [5.74, 6) is -0.879. The van der Waals surface area contributed by atoms with Gasteiger partial charge in [0.25, 0.3) is 5.91 Å². The fourth-order valence-corrected chi connectivity index (χ4v) is 3.16. The van der Waals surface area contributed by atoms with E-state index in [0.717, 1.165) is 0 Å². The molecule has 0 aliphatic rings. The molecule has 0 saturated heterocycles. The highest BCUT2D eigenvalue weighted by Gasteiger charge is 2.30. The fraction of sp³-hybridized carbons (Fsp3) is 0.217.